The minimum absolute atomic E-state index is 0.0161. The van der Waals surface area contributed by atoms with Crippen molar-refractivity contribution in [3.8, 4) is 0 Å². The molecule has 1 heterocycles. The van der Waals surface area contributed by atoms with Crippen molar-refractivity contribution in [3.63, 3.8) is 0 Å². The molecule has 0 bridgehead atoms. The number of ether oxygens (including phenoxy) is 2. The van der Waals surface area contributed by atoms with Crippen LogP contribution in [0.4, 0.5) is 0 Å². The van der Waals surface area contributed by atoms with Crippen molar-refractivity contribution in [1.29, 1.82) is 0 Å². The predicted molar refractivity (Wildman–Crippen MR) is 110 cm³/mol. The van der Waals surface area contributed by atoms with E-state index in [1.54, 1.807) is 6.92 Å². The van der Waals surface area contributed by atoms with E-state index >= 15 is 0 Å². The fourth-order valence-electron chi connectivity index (χ4n) is 2.45. The third kappa shape index (κ3) is 9.33. The topological polar surface area (TPSA) is 150 Å². The smallest absolute Gasteiger partial charge is 0.336 e. The number of carbonyl (C=O) groups excluding carboxylic acids is 2. The van der Waals surface area contributed by atoms with Crippen molar-refractivity contribution in [2.75, 3.05) is 19.8 Å². The zero-order valence-electron chi connectivity index (χ0n) is 18.0. The molecule has 2 N–H and O–H groups in total. The van der Waals surface area contributed by atoms with Crippen LogP contribution in [0, 0.1) is 18.8 Å². The largest absolute Gasteiger partial charge is 0.466 e. The molecular formula is C20H31N3O8. The Morgan fingerprint density at radius 3 is 1.81 bits per heavy atom. The Balaban J connectivity index is 2.66. The van der Waals surface area contributed by atoms with E-state index in [1.807, 2.05) is 11.9 Å². The number of aliphatic hydroxyl groups excluding tert-OH is 1. The molecule has 0 saturated carbocycles. The Morgan fingerprint density at radius 2 is 1.39 bits per heavy atom. The summed E-state index contributed by atoms with van der Waals surface area (Å²) in [5.41, 5.74) is -2.83. The Bertz CT molecular complexity index is 818. The summed E-state index contributed by atoms with van der Waals surface area (Å²) in [6, 6.07) is 0. The molecule has 11 nitrogen and oxygen atoms in total. The first-order valence-corrected chi connectivity index (χ1v) is 10.3. The van der Waals surface area contributed by atoms with E-state index in [2.05, 4.69) is 0 Å². The van der Waals surface area contributed by atoms with Gasteiger partial charge in [0.05, 0.1) is 26.1 Å². The second-order valence-corrected chi connectivity index (χ2v) is 7.47. The van der Waals surface area contributed by atoms with Crippen LogP contribution in [-0.2, 0) is 32.2 Å². The van der Waals surface area contributed by atoms with Gasteiger partial charge in [-0.2, -0.15) is 0 Å². The van der Waals surface area contributed by atoms with Gasteiger partial charge >= 0.3 is 29.0 Å². The van der Waals surface area contributed by atoms with Gasteiger partial charge in [-0.3, -0.25) is 14.6 Å². The van der Waals surface area contributed by atoms with Gasteiger partial charge in [0.2, 0.25) is 0 Å². The number of esters is 2. The summed E-state index contributed by atoms with van der Waals surface area (Å²) < 4.78 is 11.4. The molecule has 0 amide bonds. The van der Waals surface area contributed by atoms with E-state index in [0.29, 0.717) is 28.4 Å². The zero-order chi connectivity index (χ0) is 23.4. The van der Waals surface area contributed by atoms with Gasteiger partial charge in [0.1, 0.15) is 0 Å². The molecule has 1 aromatic heterocycles. The van der Waals surface area contributed by atoms with Crippen LogP contribution in [0.1, 0.15) is 46.0 Å². The number of nitrogens with zero attached hydrogens (tertiary/aromatic N) is 2. The van der Waals surface area contributed by atoms with Gasteiger partial charge in [-0.05, 0) is 38.0 Å². The van der Waals surface area contributed by atoms with E-state index in [1.165, 1.54) is 0 Å². The number of hydrogen-bond acceptors (Lipinski definition) is 8. The van der Waals surface area contributed by atoms with Crippen LogP contribution in [0.5, 0.6) is 0 Å². The van der Waals surface area contributed by atoms with Crippen molar-refractivity contribution in [3.05, 3.63) is 38.4 Å². The lowest BCUT2D eigenvalue weighted by Gasteiger charge is -2.11. The minimum Gasteiger partial charge on any atom is -0.466 e. The summed E-state index contributed by atoms with van der Waals surface area (Å²) in [7, 11) is 0. The number of aromatic amines is 1. The van der Waals surface area contributed by atoms with Gasteiger partial charge in [-0.15, -0.1) is 0 Å². The number of rotatable bonds is 14. The van der Waals surface area contributed by atoms with E-state index in [9.17, 15) is 24.0 Å². The van der Waals surface area contributed by atoms with Gasteiger partial charge in [0, 0.05) is 19.7 Å². The average Bonchev–Trinajstić information content (AvgIpc) is 2.72. The van der Waals surface area contributed by atoms with Crippen molar-refractivity contribution < 1.29 is 24.2 Å². The van der Waals surface area contributed by atoms with Crippen LogP contribution in [0.3, 0.4) is 0 Å². The number of aromatic nitrogens is 3. The molecule has 11 heteroatoms. The third-order valence-corrected chi connectivity index (χ3v) is 4.71. The van der Waals surface area contributed by atoms with Crippen molar-refractivity contribution in [2.24, 2.45) is 11.8 Å². The molecule has 0 aliphatic rings. The number of hydrogen-bond donors (Lipinski definition) is 2. The maximum absolute atomic E-state index is 12.5. The van der Waals surface area contributed by atoms with Crippen LogP contribution in [0.15, 0.2) is 14.4 Å². The molecule has 2 unspecified atom stereocenters. The minimum atomic E-state index is -0.952. The molecule has 2 radical (unpaired) electrons. The fourth-order valence-corrected chi connectivity index (χ4v) is 2.45. The Morgan fingerprint density at radius 1 is 0.935 bits per heavy atom. The highest BCUT2D eigenvalue weighted by molar-refractivity contribution is 5.69. The number of carbonyl (C=O) groups is 2. The van der Waals surface area contributed by atoms with Crippen LogP contribution >= 0.6 is 0 Å². The molecule has 0 saturated heterocycles. The summed E-state index contributed by atoms with van der Waals surface area (Å²) in [5, 5.41) is 8.94. The molecule has 0 aromatic carbocycles. The Kier molecular flexibility index (Phi) is 11.5. The maximum atomic E-state index is 12.5. The summed E-state index contributed by atoms with van der Waals surface area (Å²) in [4.78, 5) is 62.0. The maximum Gasteiger partial charge on any atom is 0.336 e. The molecular weight excluding hydrogens is 410 g/mol. The molecule has 0 aliphatic carbocycles. The van der Waals surface area contributed by atoms with Gasteiger partial charge in [-0.25, -0.2) is 23.5 Å². The van der Waals surface area contributed by atoms with Gasteiger partial charge in [-0.1, -0.05) is 13.8 Å². The highest BCUT2D eigenvalue weighted by Crippen LogP contribution is 2.06. The summed E-state index contributed by atoms with van der Waals surface area (Å²) in [5.74, 6) is -1.03. The third-order valence-electron chi connectivity index (χ3n) is 4.71. The van der Waals surface area contributed by atoms with Crippen LogP contribution in [-0.4, -0.2) is 51.0 Å². The van der Waals surface area contributed by atoms with E-state index in [4.69, 9.17) is 21.5 Å². The lowest BCUT2D eigenvalue weighted by Crippen LogP contribution is -2.49. The van der Waals surface area contributed by atoms with Crippen molar-refractivity contribution in [1.82, 2.24) is 14.1 Å². The highest BCUT2D eigenvalue weighted by Gasteiger charge is 2.14. The number of nitrogens with one attached hydrogen (secondary N) is 1. The molecule has 0 aliphatic heterocycles. The van der Waals surface area contributed by atoms with E-state index in [0.717, 1.165) is 0 Å². The SMILES string of the molecule is [CH]CC(C)CCOC(=O)CCn1c(=O)[nH]c(=O)n(CCC(=O)OCCC(C)CO)c1=O. The van der Waals surface area contributed by atoms with E-state index < -0.39 is 29.0 Å². The van der Waals surface area contributed by atoms with Gasteiger partial charge in [0.25, 0.3) is 0 Å². The second-order valence-electron chi connectivity index (χ2n) is 7.47. The molecule has 0 fully saturated rings. The van der Waals surface area contributed by atoms with Gasteiger partial charge in [0.15, 0.2) is 0 Å². The number of H-pyrrole nitrogens is 1. The molecule has 174 valence electrons. The standard InChI is InChI=1S/C20H31N3O8/c1-4-14(2)7-11-30-16(25)5-9-22-18(27)21-19(28)23(20(22)29)10-6-17(26)31-12-8-15(3)13-24/h1,14-15,24H,4-13H2,2-3H3,(H,21,27,28). The van der Waals surface area contributed by atoms with Crippen molar-refractivity contribution >= 4 is 11.9 Å². The summed E-state index contributed by atoms with van der Waals surface area (Å²) >= 11 is 0. The normalized spacial score (nSPS) is 12.9. The van der Waals surface area contributed by atoms with Crippen LogP contribution < -0.4 is 17.1 Å². The lowest BCUT2D eigenvalue weighted by molar-refractivity contribution is -0.145. The predicted octanol–water partition coefficient (Wildman–Crippen LogP) is -0.289. The monoisotopic (exact) mass is 441 g/mol. The van der Waals surface area contributed by atoms with Gasteiger partial charge < -0.3 is 14.6 Å². The highest BCUT2D eigenvalue weighted by atomic mass is 16.5. The van der Waals surface area contributed by atoms with Crippen LogP contribution in [0.25, 0.3) is 0 Å². The zero-order valence-corrected chi connectivity index (χ0v) is 18.0. The number of aliphatic hydroxyl groups is 1. The first-order valence-electron chi connectivity index (χ1n) is 10.3. The first-order chi connectivity index (χ1) is 14.7. The lowest BCUT2D eigenvalue weighted by atomic mass is 10.1. The molecule has 0 spiro atoms. The Hall–Kier alpha value is -2.69. The second kappa shape index (κ2) is 13.6. The molecule has 2 atom stereocenters. The summed E-state index contributed by atoms with van der Waals surface area (Å²) in [6.45, 7) is 8.91. The summed E-state index contributed by atoms with van der Waals surface area (Å²) in [6.07, 6.45) is 1.07. The van der Waals surface area contributed by atoms with Crippen molar-refractivity contribution in [2.45, 2.75) is 59.0 Å². The molecule has 1 aromatic rings. The average molecular weight is 441 g/mol. The molecule has 31 heavy (non-hydrogen) atoms. The Labute approximate surface area is 180 Å². The quantitative estimate of drug-likeness (QED) is 0.374. The first kappa shape index (κ1) is 26.3. The fraction of sp³-hybridized carbons (Fsp3) is 0.700. The van der Waals surface area contributed by atoms with Crippen LogP contribution in [0.2, 0.25) is 0 Å². The van der Waals surface area contributed by atoms with E-state index in [-0.39, 0.29) is 57.6 Å². The molecule has 1 rings (SSSR count).